The second kappa shape index (κ2) is 4.66. The lowest BCUT2D eigenvalue weighted by molar-refractivity contribution is -0.125. The molecule has 0 saturated heterocycles. The molecule has 0 fully saturated rings. The molecule has 0 radical (unpaired) electrons. The van der Waals surface area contributed by atoms with Crippen molar-refractivity contribution in [1.29, 1.82) is 0 Å². The fraction of sp³-hybridized carbons (Fsp3) is 0.308. The first-order valence-electron chi connectivity index (χ1n) is 6.18. The number of nitrogens with zero attached hydrogens (tertiary/aromatic N) is 3. The van der Waals surface area contributed by atoms with Crippen LogP contribution < -0.4 is 5.43 Å². The lowest BCUT2D eigenvalue weighted by atomic mass is 10.0. The van der Waals surface area contributed by atoms with Crippen molar-refractivity contribution in [3.8, 4) is 0 Å². The maximum Gasteiger partial charge on any atom is 0.265 e. The minimum Gasteiger partial charge on any atom is -0.271 e. The number of hydrazone groups is 2. The number of benzene rings is 1. The van der Waals surface area contributed by atoms with E-state index in [0.29, 0.717) is 11.4 Å². The van der Waals surface area contributed by atoms with E-state index in [-0.39, 0.29) is 11.9 Å². The van der Waals surface area contributed by atoms with Gasteiger partial charge < -0.3 is 0 Å². The Morgan fingerprint density at radius 3 is 2.84 bits per heavy atom. The van der Waals surface area contributed by atoms with Crippen molar-refractivity contribution in [3.63, 3.8) is 0 Å². The van der Waals surface area contributed by atoms with Gasteiger partial charge in [-0.1, -0.05) is 30.7 Å². The molecule has 1 N–H and O–H groups in total. The zero-order valence-electron chi connectivity index (χ0n) is 10.4. The van der Waals surface area contributed by atoms with Crippen LogP contribution in [0.5, 0.6) is 0 Å². The van der Waals surface area contributed by atoms with Crippen LogP contribution in [0.15, 0.2) is 34.5 Å². The van der Waals surface area contributed by atoms with Gasteiger partial charge in [0.25, 0.3) is 5.91 Å². The molecule has 98 valence electrons. The highest BCUT2D eigenvalue weighted by Gasteiger charge is 2.37. The Kier molecular flexibility index (Phi) is 2.98. The summed E-state index contributed by atoms with van der Waals surface area (Å²) in [5, 5.41) is 11.0. The zero-order chi connectivity index (χ0) is 13.4. The van der Waals surface area contributed by atoms with Crippen molar-refractivity contribution >= 4 is 29.1 Å². The Morgan fingerprint density at radius 2 is 2.16 bits per heavy atom. The number of carbonyl (C=O) groups excluding carboxylic acids is 1. The lowest BCUT2D eigenvalue weighted by Crippen LogP contribution is -2.48. The third-order valence-electron chi connectivity index (χ3n) is 3.27. The van der Waals surface area contributed by atoms with E-state index >= 15 is 0 Å². The number of halogens is 1. The summed E-state index contributed by atoms with van der Waals surface area (Å²) in [7, 11) is 0. The zero-order valence-corrected chi connectivity index (χ0v) is 11.2. The van der Waals surface area contributed by atoms with Gasteiger partial charge in [-0.05, 0) is 17.7 Å². The molecule has 0 spiro atoms. The topological polar surface area (TPSA) is 57.1 Å². The van der Waals surface area contributed by atoms with Gasteiger partial charge in [-0.15, -0.1) is 0 Å². The Balaban J connectivity index is 1.93. The largest absolute Gasteiger partial charge is 0.271 e. The SMILES string of the molecule is CCC1=NNC(=O)C2CC(c3ccc(Cl)cc3)=NN12. The number of fused-ring (bicyclic) bond motifs is 1. The van der Waals surface area contributed by atoms with Crippen LogP contribution in [0, 0.1) is 0 Å². The first-order chi connectivity index (χ1) is 9.19. The molecule has 19 heavy (non-hydrogen) atoms. The normalized spacial score (nSPS) is 21.7. The summed E-state index contributed by atoms with van der Waals surface area (Å²) in [6.45, 7) is 1.99. The molecule has 2 aliphatic rings. The van der Waals surface area contributed by atoms with Crippen molar-refractivity contribution in [2.24, 2.45) is 10.2 Å². The molecular formula is C13H13ClN4O. The standard InChI is InChI=1S/C13H13ClN4O/c1-2-12-15-16-13(19)11-7-10(17-18(11)12)8-3-5-9(14)6-4-8/h3-6,11H,2,7H2,1H3,(H,16,19). The Labute approximate surface area is 115 Å². The summed E-state index contributed by atoms with van der Waals surface area (Å²) in [6.07, 6.45) is 1.32. The number of amidine groups is 1. The van der Waals surface area contributed by atoms with E-state index in [1.807, 2.05) is 31.2 Å². The average molecular weight is 277 g/mol. The average Bonchev–Trinajstić information content (AvgIpc) is 2.86. The van der Waals surface area contributed by atoms with Crippen molar-refractivity contribution < 1.29 is 4.79 Å². The Bertz CT molecular complexity index is 579. The van der Waals surface area contributed by atoms with Gasteiger partial charge in [0.1, 0.15) is 11.9 Å². The van der Waals surface area contributed by atoms with Gasteiger partial charge >= 0.3 is 0 Å². The molecule has 1 amide bonds. The molecule has 1 unspecified atom stereocenters. The fourth-order valence-corrected chi connectivity index (χ4v) is 2.38. The maximum absolute atomic E-state index is 11.8. The quantitative estimate of drug-likeness (QED) is 0.898. The highest BCUT2D eigenvalue weighted by Crippen LogP contribution is 2.24. The third kappa shape index (κ3) is 2.10. The van der Waals surface area contributed by atoms with Gasteiger partial charge in [-0.2, -0.15) is 10.2 Å². The smallest absolute Gasteiger partial charge is 0.265 e. The number of hydrogen-bond acceptors (Lipinski definition) is 4. The van der Waals surface area contributed by atoms with E-state index in [1.54, 1.807) is 5.01 Å². The second-order valence-corrected chi connectivity index (χ2v) is 4.91. The highest BCUT2D eigenvalue weighted by molar-refractivity contribution is 6.30. The van der Waals surface area contributed by atoms with E-state index in [4.69, 9.17) is 11.6 Å². The first-order valence-corrected chi connectivity index (χ1v) is 6.56. The molecular weight excluding hydrogens is 264 g/mol. The summed E-state index contributed by atoms with van der Waals surface area (Å²) in [5.74, 6) is 0.679. The molecule has 1 atom stereocenters. The maximum atomic E-state index is 11.8. The minimum atomic E-state index is -0.280. The van der Waals surface area contributed by atoms with Gasteiger partial charge in [0.2, 0.25) is 0 Å². The van der Waals surface area contributed by atoms with Crippen molar-refractivity contribution in [2.75, 3.05) is 0 Å². The summed E-state index contributed by atoms with van der Waals surface area (Å²) >= 11 is 5.88. The van der Waals surface area contributed by atoms with Crippen LogP contribution in [0.2, 0.25) is 5.02 Å². The number of carbonyl (C=O) groups is 1. The molecule has 2 aliphatic heterocycles. The van der Waals surface area contributed by atoms with Gasteiger partial charge in [-0.25, -0.2) is 10.4 Å². The predicted molar refractivity (Wildman–Crippen MR) is 74.1 cm³/mol. The van der Waals surface area contributed by atoms with Crippen LogP contribution >= 0.6 is 11.6 Å². The van der Waals surface area contributed by atoms with Crippen LogP contribution in [-0.2, 0) is 4.79 Å². The van der Waals surface area contributed by atoms with Crippen LogP contribution in [0.25, 0.3) is 0 Å². The Hall–Kier alpha value is -1.88. The molecule has 1 aromatic rings. The number of amides is 1. The molecule has 1 aromatic carbocycles. The number of hydrogen-bond donors (Lipinski definition) is 1. The molecule has 2 heterocycles. The molecule has 6 heteroatoms. The second-order valence-electron chi connectivity index (χ2n) is 4.48. The first kappa shape index (κ1) is 12.2. The molecule has 0 bridgehead atoms. The predicted octanol–water partition coefficient (Wildman–Crippen LogP) is 1.97. The molecule has 5 nitrogen and oxygen atoms in total. The van der Waals surface area contributed by atoms with Crippen LogP contribution in [0.3, 0.4) is 0 Å². The summed E-state index contributed by atoms with van der Waals surface area (Å²) < 4.78 is 0. The molecule has 0 saturated carbocycles. The highest BCUT2D eigenvalue weighted by atomic mass is 35.5. The lowest BCUT2D eigenvalue weighted by Gasteiger charge is -2.26. The van der Waals surface area contributed by atoms with Gasteiger partial charge in [0.05, 0.1) is 5.71 Å². The van der Waals surface area contributed by atoms with Gasteiger partial charge in [0.15, 0.2) is 0 Å². The van der Waals surface area contributed by atoms with E-state index in [0.717, 1.165) is 23.5 Å². The monoisotopic (exact) mass is 276 g/mol. The fourth-order valence-electron chi connectivity index (χ4n) is 2.26. The van der Waals surface area contributed by atoms with Crippen molar-refractivity contribution in [3.05, 3.63) is 34.9 Å². The number of rotatable bonds is 2. The summed E-state index contributed by atoms with van der Waals surface area (Å²) in [5.41, 5.74) is 4.43. The molecule has 3 rings (SSSR count). The van der Waals surface area contributed by atoms with Gasteiger partial charge in [-0.3, -0.25) is 4.79 Å². The molecule has 0 aliphatic carbocycles. The summed E-state index contributed by atoms with van der Waals surface area (Å²) in [6, 6.07) is 7.20. The molecule has 0 aromatic heterocycles. The summed E-state index contributed by atoms with van der Waals surface area (Å²) in [4.78, 5) is 11.8. The van der Waals surface area contributed by atoms with Crippen LogP contribution in [0.1, 0.15) is 25.3 Å². The van der Waals surface area contributed by atoms with E-state index < -0.39 is 0 Å². The van der Waals surface area contributed by atoms with Crippen molar-refractivity contribution in [1.82, 2.24) is 10.4 Å². The van der Waals surface area contributed by atoms with E-state index in [9.17, 15) is 4.79 Å². The van der Waals surface area contributed by atoms with Crippen molar-refractivity contribution in [2.45, 2.75) is 25.8 Å². The van der Waals surface area contributed by atoms with Gasteiger partial charge in [0, 0.05) is 17.9 Å². The Morgan fingerprint density at radius 1 is 1.42 bits per heavy atom. The van der Waals surface area contributed by atoms with E-state index in [1.165, 1.54) is 0 Å². The van der Waals surface area contributed by atoms with Crippen LogP contribution in [-0.4, -0.2) is 28.5 Å². The third-order valence-corrected chi connectivity index (χ3v) is 3.52. The minimum absolute atomic E-state index is 0.107. The van der Waals surface area contributed by atoms with E-state index in [2.05, 4.69) is 15.6 Å². The number of nitrogens with one attached hydrogen (secondary N) is 1. The van der Waals surface area contributed by atoms with Crippen LogP contribution in [0.4, 0.5) is 0 Å².